The van der Waals surface area contributed by atoms with E-state index in [1.807, 2.05) is 0 Å². The molecule has 0 bridgehead atoms. The summed E-state index contributed by atoms with van der Waals surface area (Å²) in [5.41, 5.74) is 0. The summed E-state index contributed by atoms with van der Waals surface area (Å²) in [4.78, 5) is 10.9. The highest BCUT2D eigenvalue weighted by molar-refractivity contribution is 8.13. The zero-order valence-electron chi connectivity index (χ0n) is 6.03. The molecule has 0 atom stereocenters. The van der Waals surface area contributed by atoms with Gasteiger partial charge in [-0.3, -0.25) is 4.79 Å². The van der Waals surface area contributed by atoms with Crippen molar-refractivity contribution in [3.8, 4) is 0 Å². The van der Waals surface area contributed by atoms with E-state index in [1.165, 1.54) is 11.8 Å². The molecule has 4 nitrogen and oxygen atoms in total. The Bertz CT molecular complexity index is 261. The highest BCUT2D eigenvalue weighted by atomic mass is 32.2. The summed E-state index contributed by atoms with van der Waals surface area (Å²) < 4.78 is 4.96. The minimum Gasteiger partial charge on any atom is -0.408 e. The van der Waals surface area contributed by atoms with Gasteiger partial charge in [0.15, 0.2) is 0 Å². The molecular formula is C5H6N2O2S2. The zero-order valence-corrected chi connectivity index (χ0v) is 7.66. The number of rotatable bonds is 2. The Morgan fingerprint density at radius 2 is 2.18 bits per heavy atom. The Kier molecular flexibility index (Phi) is 2.95. The van der Waals surface area contributed by atoms with Gasteiger partial charge in [0, 0.05) is 0 Å². The van der Waals surface area contributed by atoms with Gasteiger partial charge in [0.05, 0.1) is 0 Å². The smallest absolute Gasteiger partial charge is 0.296 e. The van der Waals surface area contributed by atoms with Crippen molar-refractivity contribution in [2.24, 2.45) is 0 Å². The maximum atomic E-state index is 10.9. The molecule has 0 saturated heterocycles. The van der Waals surface area contributed by atoms with Crippen molar-refractivity contribution in [2.75, 3.05) is 12.5 Å². The summed E-state index contributed by atoms with van der Waals surface area (Å²) in [5.74, 6) is 0.0712. The van der Waals surface area contributed by atoms with E-state index in [9.17, 15) is 4.79 Å². The van der Waals surface area contributed by atoms with Gasteiger partial charge in [-0.25, -0.2) is 0 Å². The Morgan fingerprint density at radius 1 is 1.45 bits per heavy atom. The van der Waals surface area contributed by atoms with Crippen LogP contribution in [-0.2, 0) is 0 Å². The van der Waals surface area contributed by atoms with E-state index < -0.39 is 0 Å². The lowest BCUT2D eigenvalue weighted by Gasteiger charge is -1.84. The molecular weight excluding hydrogens is 184 g/mol. The molecule has 0 N–H and O–H groups in total. The fourth-order valence-electron chi connectivity index (χ4n) is 0.462. The standard InChI is InChI=1S/C5H6N2O2S2/c1-10-4(8)3-6-7-5(9-3)11-2/h1-2H3. The van der Waals surface area contributed by atoms with Crippen LogP contribution < -0.4 is 0 Å². The van der Waals surface area contributed by atoms with Crippen LogP contribution in [0.4, 0.5) is 0 Å². The van der Waals surface area contributed by atoms with Crippen molar-refractivity contribution in [1.82, 2.24) is 10.2 Å². The Labute approximate surface area is 72.1 Å². The number of hydrogen-bond donors (Lipinski definition) is 0. The van der Waals surface area contributed by atoms with Crippen LogP contribution in [0.5, 0.6) is 0 Å². The zero-order chi connectivity index (χ0) is 8.27. The fourth-order valence-corrected chi connectivity index (χ4v) is 1.00. The fraction of sp³-hybridized carbons (Fsp3) is 0.400. The summed E-state index contributed by atoms with van der Waals surface area (Å²) in [6, 6.07) is 0. The average Bonchev–Trinajstić information content (AvgIpc) is 2.50. The highest BCUT2D eigenvalue weighted by Gasteiger charge is 2.12. The molecule has 0 radical (unpaired) electrons. The molecule has 0 aliphatic rings. The van der Waals surface area contributed by atoms with Crippen molar-refractivity contribution in [2.45, 2.75) is 5.22 Å². The predicted octanol–water partition coefficient (Wildman–Crippen LogP) is 1.29. The van der Waals surface area contributed by atoms with Crippen molar-refractivity contribution in [1.29, 1.82) is 0 Å². The molecule has 11 heavy (non-hydrogen) atoms. The van der Waals surface area contributed by atoms with Crippen LogP contribution in [0.3, 0.4) is 0 Å². The topological polar surface area (TPSA) is 56.0 Å². The molecule has 0 saturated carbocycles. The number of aromatic nitrogens is 2. The maximum absolute atomic E-state index is 10.9. The van der Waals surface area contributed by atoms with E-state index in [-0.39, 0.29) is 11.0 Å². The number of thioether (sulfide) groups is 2. The van der Waals surface area contributed by atoms with Crippen LogP contribution in [0.25, 0.3) is 0 Å². The van der Waals surface area contributed by atoms with Crippen LogP contribution in [-0.4, -0.2) is 27.8 Å². The normalized spacial score (nSPS) is 10.0. The van der Waals surface area contributed by atoms with Crippen LogP contribution in [0.1, 0.15) is 10.7 Å². The Hall–Kier alpha value is -0.490. The second-order valence-corrected chi connectivity index (χ2v) is 3.11. The molecule has 0 unspecified atom stereocenters. The van der Waals surface area contributed by atoms with Crippen molar-refractivity contribution >= 4 is 28.6 Å². The second kappa shape index (κ2) is 3.77. The third-order valence-corrected chi connectivity index (χ3v) is 2.00. The van der Waals surface area contributed by atoms with Gasteiger partial charge in [-0.1, -0.05) is 23.5 Å². The molecule has 0 fully saturated rings. The molecule has 1 aromatic heterocycles. The molecule has 0 spiro atoms. The van der Waals surface area contributed by atoms with Gasteiger partial charge in [-0.15, -0.1) is 10.2 Å². The van der Waals surface area contributed by atoms with Gasteiger partial charge in [0.1, 0.15) is 0 Å². The molecule has 0 aliphatic carbocycles. The first kappa shape index (κ1) is 8.61. The third kappa shape index (κ3) is 1.97. The molecule has 60 valence electrons. The molecule has 1 heterocycles. The first-order valence-corrected chi connectivity index (χ1v) is 5.18. The van der Waals surface area contributed by atoms with E-state index in [1.54, 1.807) is 12.5 Å². The summed E-state index contributed by atoms with van der Waals surface area (Å²) in [7, 11) is 0. The molecule has 0 aliphatic heterocycles. The molecule has 1 rings (SSSR count). The Morgan fingerprint density at radius 3 is 2.64 bits per heavy atom. The van der Waals surface area contributed by atoms with Gasteiger partial charge in [-0.05, 0) is 12.5 Å². The van der Waals surface area contributed by atoms with E-state index in [0.717, 1.165) is 11.8 Å². The van der Waals surface area contributed by atoms with Crippen LogP contribution in [0.15, 0.2) is 9.64 Å². The van der Waals surface area contributed by atoms with Gasteiger partial charge in [0.25, 0.3) is 16.2 Å². The number of nitrogens with zero attached hydrogens (tertiary/aromatic N) is 2. The number of hydrogen-bond acceptors (Lipinski definition) is 6. The lowest BCUT2D eigenvalue weighted by atomic mass is 10.8. The van der Waals surface area contributed by atoms with E-state index in [2.05, 4.69) is 10.2 Å². The molecule has 1 aromatic rings. The summed E-state index contributed by atoms with van der Waals surface area (Å²) in [6.45, 7) is 0. The minimum absolute atomic E-state index is 0.0712. The molecule has 0 aromatic carbocycles. The number of carbonyl (C=O) groups excluding carboxylic acids is 1. The SMILES string of the molecule is CSC(=O)c1nnc(SC)o1. The van der Waals surface area contributed by atoms with Crippen molar-refractivity contribution in [3.05, 3.63) is 5.89 Å². The predicted molar refractivity (Wildman–Crippen MR) is 43.9 cm³/mol. The summed E-state index contributed by atoms with van der Waals surface area (Å²) in [6.07, 6.45) is 3.48. The van der Waals surface area contributed by atoms with Crippen LogP contribution >= 0.6 is 23.5 Å². The minimum atomic E-state index is -0.196. The van der Waals surface area contributed by atoms with Crippen molar-refractivity contribution in [3.63, 3.8) is 0 Å². The molecule has 0 amide bonds. The van der Waals surface area contributed by atoms with Crippen LogP contribution in [0, 0.1) is 0 Å². The second-order valence-electron chi connectivity index (χ2n) is 1.57. The number of carbonyl (C=O) groups is 1. The van der Waals surface area contributed by atoms with Gasteiger partial charge >= 0.3 is 0 Å². The van der Waals surface area contributed by atoms with E-state index in [4.69, 9.17) is 4.42 Å². The van der Waals surface area contributed by atoms with Gasteiger partial charge in [0.2, 0.25) is 0 Å². The van der Waals surface area contributed by atoms with Gasteiger partial charge < -0.3 is 4.42 Å². The third-order valence-electron chi connectivity index (χ3n) is 0.941. The summed E-state index contributed by atoms with van der Waals surface area (Å²) >= 11 is 2.37. The highest BCUT2D eigenvalue weighted by Crippen LogP contribution is 2.14. The molecule has 6 heteroatoms. The van der Waals surface area contributed by atoms with Crippen LogP contribution in [0.2, 0.25) is 0 Å². The van der Waals surface area contributed by atoms with Gasteiger partial charge in [-0.2, -0.15) is 0 Å². The lowest BCUT2D eigenvalue weighted by molar-refractivity contribution is 0.105. The Balaban J connectivity index is 2.80. The largest absolute Gasteiger partial charge is 0.408 e. The monoisotopic (exact) mass is 190 g/mol. The maximum Gasteiger partial charge on any atom is 0.296 e. The first-order valence-electron chi connectivity index (χ1n) is 2.73. The lowest BCUT2D eigenvalue weighted by Crippen LogP contribution is -1.91. The quantitative estimate of drug-likeness (QED) is 0.655. The van der Waals surface area contributed by atoms with E-state index in [0.29, 0.717) is 5.22 Å². The summed E-state index contributed by atoms with van der Waals surface area (Å²) in [5, 5.41) is 7.39. The van der Waals surface area contributed by atoms with Crippen molar-refractivity contribution < 1.29 is 9.21 Å². The first-order chi connectivity index (χ1) is 5.27. The average molecular weight is 190 g/mol. The van der Waals surface area contributed by atoms with E-state index >= 15 is 0 Å².